The molecular formula is C13H13NO4. The molecule has 1 aromatic carbocycles. The first-order valence-corrected chi connectivity index (χ1v) is 5.58. The molecule has 18 heavy (non-hydrogen) atoms. The molecule has 1 N–H and O–H groups in total. The fraction of sp³-hybridized carbons (Fsp3) is 0.231. The molecule has 5 nitrogen and oxygen atoms in total. The van der Waals surface area contributed by atoms with Gasteiger partial charge in [-0.1, -0.05) is 0 Å². The molecule has 0 aliphatic carbocycles. The minimum atomic E-state index is -0.940. The van der Waals surface area contributed by atoms with E-state index in [-0.39, 0.29) is 6.42 Å². The molecule has 94 valence electrons. The van der Waals surface area contributed by atoms with Gasteiger partial charge in [0.05, 0.1) is 12.8 Å². The lowest BCUT2D eigenvalue weighted by molar-refractivity contribution is -0.136. The molecule has 0 radical (unpaired) electrons. The van der Waals surface area contributed by atoms with E-state index in [0.29, 0.717) is 18.3 Å². The van der Waals surface area contributed by atoms with Crippen molar-refractivity contribution in [3.63, 3.8) is 0 Å². The Morgan fingerprint density at radius 1 is 1.39 bits per heavy atom. The van der Waals surface area contributed by atoms with Crippen molar-refractivity contribution in [2.75, 3.05) is 6.61 Å². The van der Waals surface area contributed by atoms with Gasteiger partial charge in [-0.15, -0.1) is 0 Å². The molecule has 1 heterocycles. The second kappa shape index (κ2) is 5.35. The van der Waals surface area contributed by atoms with Crippen molar-refractivity contribution < 1.29 is 19.1 Å². The van der Waals surface area contributed by atoms with Crippen LogP contribution in [-0.2, 0) is 11.2 Å². The van der Waals surface area contributed by atoms with Crippen LogP contribution in [0.15, 0.2) is 34.9 Å². The van der Waals surface area contributed by atoms with Crippen LogP contribution in [0.25, 0.3) is 11.5 Å². The van der Waals surface area contributed by atoms with Crippen molar-refractivity contribution in [2.45, 2.75) is 13.3 Å². The van der Waals surface area contributed by atoms with Crippen LogP contribution in [0.4, 0.5) is 0 Å². The summed E-state index contributed by atoms with van der Waals surface area (Å²) in [5.74, 6) is 0.587. The average Bonchev–Trinajstić information content (AvgIpc) is 2.78. The molecule has 1 aromatic heterocycles. The summed E-state index contributed by atoms with van der Waals surface area (Å²) in [6.07, 6.45) is 1.27. The first-order chi connectivity index (χ1) is 8.69. The van der Waals surface area contributed by atoms with E-state index < -0.39 is 5.97 Å². The summed E-state index contributed by atoms with van der Waals surface area (Å²) < 4.78 is 10.7. The monoisotopic (exact) mass is 247 g/mol. The lowest BCUT2D eigenvalue weighted by atomic mass is 10.2. The number of oxazole rings is 1. The zero-order chi connectivity index (χ0) is 13.0. The van der Waals surface area contributed by atoms with E-state index in [1.807, 2.05) is 31.2 Å². The maximum absolute atomic E-state index is 10.5. The average molecular weight is 247 g/mol. The van der Waals surface area contributed by atoms with Crippen LogP contribution in [0.2, 0.25) is 0 Å². The van der Waals surface area contributed by atoms with E-state index in [0.717, 1.165) is 11.3 Å². The number of carboxylic acid groups (broad SMARTS) is 1. The Labute approximate surface area is 104 Å². The summed E-state index contributed by atoms with van der Waals surface area (Å²) in [6, 6.07) is 7.28. The molecule has 5 heteroatoms. The number of aromatic nitrogens is 1. The minimum Gasteiger partial charge on any atom is -0.494 e. The van der Waals surface area contributed by atoms with Gasteiger partial charge in [0.1, 0.15) is 17.9 Å². The van der Waals surface area contributed by atoms with Crippen LogP contribution >= 0.6 is 0 Å². The predicted octanol–water partition coefficient (Wildman–Crippen LogP) is 2.37. The highest BCUT2D eigenvalue weighted by molar-refractivity contribution is 5.69. The largest absolute Gasteiger partial charge is 0.494 e. The van der Waals surface area contributed by atoms with Crippen LogP contribution in [0.3, 0.4) is 0 Å². The van der Waals surface area contributed by atoms with Gasteiger partial charge >= 0.3 is 5.97 Å². The lowest BCUT2D eigenvalue weighted by Gasteiger charge is -2.02. The van der Waals surface area contributed by atoms with Crippen LogP contribution < -0.4 is 4.74 Å². The van der Waals surface area contributed by atoms with Crippen LogP contribution in [0.5, 0.6) is 5.75 Å². The Morgan fingerprint density at radius 3 is 2.72 bits per heavy atom. The maximum Gasteiger partial charge on any atom is 0.311 e. The molecule has 0 saturated heterocycles. The summed E-state index contributed by atoms with van der Waals surface area (Å²) in [7, 11) is 0. The summed E-state index contributed by atoms with van der Waals surface area (Å²) in [5.41, 5.74) is 0.787. The molecule has 0 aliphatic heterocycles. The van der Waals surface area contributed by atoms with E-state index in [9.17, 15) is 4.79 Å². The third-order valence-corrected chi connectivity index (χ3v) is 2.29. The standard InChI is InChI=1S/C13H13NO4/c1-2-17-10-5-3-9(4-6-10)13-14-8-11(18-13)7-12(15)16/h3-6,8H,2,7H2,1H3,(H,15,16). The fourth-order valence-electron chi connectivity index (χ4n) is 1.53. The maximum atomic E-state index is 10.5. The molecule has 0 spiro atoms. The molecular weight excluding hydrogens is 234 g/mol. The second-order valence-corrected chi connectivity index (χ2v) is 3.66. The summed E-state index contributed by atoms with van der Waals surface area (Å²) in [5, 5.41) is 8.64. The van der Waals surface area contributed by atoms with Crippen molar-refractivity contribution in [3.05, 3.63) is 36.2 Å². The van der Waals surface area contributed by atoms with Gasteiger partial charge in [-0.05, 0) is 31.2 Å². The number of hydrogen-bond donors (Lipinski definition) is 1. The SMILES string of the molecule is CCOc1ccc(-c2ncc(CC(=O)O)o2)cc1. The van der Waals surface area contributed by atoms with Gasteiger partial charge in [0.15, 0.2) is 0 Å². The molecule has 2 rings (SSSR count). The number of rotatable bonds is 5. The Bertz CT molecular complexity index is 530. The highest BCUT2D eigenvalue weighted by Gasteiger charge is 2.09. The van der Waals surface area contributed by atoms with Crippen LogP contribution in [0.1, 0.15) is 12.7 Å². The van der Waals surface area contributed by atoms with Gasteiger partial charge in [0, 0.05) is 5.56 Å². The number of nitrogens with zero attached hydrogens (tertiary/aromatic N) is 1. The highest BCUT2D eigenvalue weighted by Crippen LogP contribution is 2.22. The first-order valence-electron chi connectivity index (χ1n) is 5.58. The number of benzene rings is 1. The summed E-state index contributed by atoms with van der Waals surface area (Å²) in [4.78, 5) is 14.6. The Morgan fingerprint density at radius 2 is 2.11 bits per heavy atom. The molecule has 0 unspecified atom stereocenters. The molecule has 0 atom stereocenters. The minimum absolute atomic E-state index is 0.163. The highest BCUT2D eigenvalue weighted by atomic mass is 16.5. The van der Waals surface area contributed by atoms with Gasteiger partial charge in [-0.3, -0.25) is 4.79 Å². The number of carbonyl (C=O) groups is 1. The molecule has 0 fully saturated rings. The number of ether oxygens (including phenoxy) is 1. The molecule has 0 amide bonds. The summed E-state index contributed by atoms with van der Waals surface area (Å²) >= 11 is 0. The molecule has 2 aromatic rings. The zero-order valence-corrected chi connectivity index (χ0v) is 9.92. The van der Waals surface area contributed by atoms with Crippen molar-refractivity contribution in [1.82, 2.24) is 4.98 Å². The number of aliphatic carboxylic acids is 1. The lowest BCUT2D eigenvalue weighted by Crippen LogP contribution is -1.97. The fourth-order valence-corrected chi connectivity index (χ4v) is 1.53. The third-order valence-electron chi connectivity index (χ3n) is 2.29. The van der Waals surface area contributed by atoms with E-state index >= 15 is 0 Å². The quantitative estimate of drug-likeness (QED) is 0.878. The van der Waals surface area contributed by atoms with Gasteiger partial charge < -0.3 is 14.3 Å². The second-order valence-electron chi connectivity index (χ2n) is 3.66. The Kier molecular flexibility index (Phi) is 3.62. The Hall–Kier alpha value is -2.30. The van der Waals surface area contributed by atoms with Crippen LogP contribution in [0, 0.1) is 0 Å². The smallest absolute Gasteiger partial charge is 0.311 e. The van der Waals surface area contributed by atoms with E-state index in [2.05, 4.69) is 4.98 Å². The van der Waals surface area contributed by atoms with Crippen LogP contribution in [-0.4, -0.2) is 22.7 Å². The van der Waals surface area contributed by atoms with Crippen molar-refractivity contribution >= 4 is 5.97 Å². The third kappa shape index (κ3) is 2.88. The summed E-state index contributed by atoms with van der Waals surface area (Å²) in [6.45, 7) is 2.53. The normalized spacial score (nSPS) is 10.3. The predicted molar refractivity (Wildman–Crippen MR) is 64.4 cm³/mol. The van der Waals surface area contributed by atoms with Gasteiger partial charge in [0.25, 0.3) is 0 Å². The first kappa shape index (κ1) is 12.2. The van der Waals surface area contributed by atoms with Gasteiger partial charge in [0.2, 0.25) is 5.89 Å². The molecule has 0 bridgehead atoms. The number of hydrogen-bond acceptors (Lipinski definition) is 4. The van der Waals surface area contributed by atoms with Crippen molar-refractivity contribution in [1.29, 1.82) is 0 Å². The van der Waals surface area contributed by atoms with Gasteiger partial charge in [-0.2, -0.15) is 0 Å². The number of carboxylic acids is 1. The molecule has 0 aliphatic rings. The van der Waals surface area contributed by atoms with E-state index in [1.54, 1.807) is 0 Å². The van der Waals surface area contributed by atoms with E-state index in [1.165, 1.54) is 6.20 Å². The van der Waals surface area contributed by atoms with E-state index in [4.69, 9.17) is 14.3 Å². The topological polar surface area (TPSA) is 72.6 Å². The Balaban J connectivity index is 2.15. The molecule has 0 saturated carbocycles. The van der Waals surface area contributed by atoms with Gasteiger partial charge in [-0.25, -0.2) is 4.98 Å². The van der Waals surface area contributed by atoms with Crippen molar-refractivity contribution in [2.24, 2.45) is 0 Å². The van der Waals surface area contributed by atoms with Crippen molar-refractivity contribution in [3.8, 4) is 17.2 Å². The zero-order valence-electron chi connectivity index (χ0n) is 9.92.